The van der Waals surface area contributed by atoms with E-state index < -0.39 is 5.25 Å². The predicted molar refractivity (Wildman–Crippen MR) is 115 cm³/mol. The molecule has 0 saturated carbocycles. The highest BCUT2D eigenvalue weighted by molar-refractivity contribution is 8.00. The molecule has 6 nitrogen and oxygen atoms in total. The first-order valence-electron chi connectivity index (χ1n) is 8.98. The normalized spacial score (nSPS) is 12.4. The van der Waals surface area contributed by atoms with Gasteiger partial charge < -0.3 is 14.5 Å². The number of nitrogens with one attached hydrogen (secondary N) is 1. The van der Waals surface area contributed by atoms with Gasteiger partial charge >= 0.3 is 0 Å². The van der Waals surface area contributed by atoms with Gasteiger partial charge in [-0.3, -0.25) is 4.79 Å². The number of thioether (sulfide) groups is 1. The molecule has 3 rings (SSSR count). The summed E-state index contributed by atoms with van der Waals surface area (Å²) >= 11 is 7.38. The fourth-order valence-electron chi connectivity index (χ4n) is 2.51. The summed E-state index contributed by atoms with van der Waals surface area (Å²) in [5.41, 5.74) is 1.13. The molecule has 1 N–H and O–H groups in total. The molecule has 152 valence electrons. The van der Waals surface area contributed by atoms with Crippen LogP contribution in [0, 0.1) is 0 Å². The third kappa shape index (κ3) is 5.31. The summed E-state index contributed by atoms with van der Waals surface area (Å²) in [6.45, 7) is 5.97. The first kappa shape index (κ1) is 21.2. The van der Waals surface area contributed by atoms with Crippen LogP contribution in [0.5, 0.6) is 5.75 Å². The lowest BCUT2D eigenvalue weighted by atomic mass is 9.97. The molecule has 29 heavy (non-hydrogen) atoms. The van der Waals surface area contributed by atoms with E-state index in [1.807, 2.05) is 51.1 Å². The second-order valence-electron chi connectivity index (χ2n) is 7.37. The number of carbonyl (C=O) groups is 1. The smallest absolute Gasteiger partial charge is 0.277 e. The zero-order valence-electron chi connectivity index (χ0n) is 16.6. The molecule has 3 aromatic rings. The number of rotatable bonds is 6. The molecule has 8 heteroatoms. The van der Waals surface area contributed by atoms with Crippen molar-refractivity contribution < 1.29 is 13.9 Å². The number of halogens is 1. The molecule has 1 heterocycles. The Hall–Kier alpha value is -2.51. The Kier molecular flexibility index (Phi) is 6.49. The summed E-state index contributed by atoms with van der Waals surface area (Å²) < 4.78 is 10.9. The summed E-state index contributed by atoms with van der Waals surface area (Å²) in [6.07, 6.45) is 0. The molecule has 1 amide bonds. The van der Waals surface area contributed by atoms with Crippen LogP contribution in [0.4, 0.5) is 5.69 Å². The van der Waals surface area contributed by atoms with Crippen molar-refractivity contribution in [3.8, 4) is 5.75 Å². The highest BCUT2D eigenvalue weighted by Crippen LogP contribution is 2.37. The molecule has 0 radical (unpaired) electrons. The van der Waals surface area contributed by atoms with E-state index in [0.717, 1.165) is 5.56 Å². The van der Waals surface area contributed by atoms with Crippen molar-refractivity contribution in [2.45, 2.75) is 36.7 Å². The number of aromatic nitrogens is 2. The van der Waals surface area contributed by atoms with Crippen molar-refractivity contribution in [3.05, 3.63) is 65.0 Å². The van der Waals surface area contributed by atoms with E-state index >= 15 is 0 Å². The number of hydrogen-bond donors (Lipinski definition) is 1. The lowest BCUT2D eigenvalue weighted by Crippen LogP contribution is -2.19. The molecule has 0 spiro atoms. The highest BCUT2D eigenvalue weighted by atomic mass is 35.5. The van der Waals surface area contributed by atoms with Crippen LogP contribution < -0.4 is 10.1 Å². The van der Waals surface area contributed by atoms with E-state index in [1.54, 1.807) is 18.2 Å². The molecular weight excluding hydrogens is 410 g/mol. The van der Waals surface area contributed by atoms with Crippen molar-refractivity contribution in [2.75, 3.05) is 12.4 Å². The van der Waals surface area contributed by atoms with Gasteiger partial charge in [0.25, 0.3) is 5.22 Å². The fourth-order valence-corrected chi connectivity index (χ4v) is 3.65. The lowest BCUT2D eigenvalue weighted by molar-refractivity contribution is -0.115. The van der Waals surface area contributed by atoms with Crippen molar-refractivity contribution in [1.82, 2.24) is 10.2 Å². The van der Waals surface area contributed by atoms with Crippen molar-refractivity contribution >= 4 is 35.0 Å². The first-order valence-corrected chi connectivity index (χ1v) is 10.2. The lowest BCUT2D eigenvalue weighted by Gasteiger charge is -2.16. The van der Waals surface area contributed by atoms with Gasteiger partial charge in [0.15, 0.2) is 0 Å². The largest absolute Gasteiger partial charge is 0.495 e. The van der Waals surface area contributed by atoms with Crippen LogP contribution in [0.3, 0.4) is 0 Å². The number of ether oxygens (including phenoxy) is 1. The van der Waals surface area contributed by atoms with Crippen LogP contribution >= 0.6 is 23.4 Å². The fraction of sp³-hybridized carbons (Fsp3) is 0.286. The van der Waals surface area contributed by atoms with Gasteiger partial charge in [-0.1, -0.05) is 62.7 Å². The Morgan fingerprint density at radius 3 is 2.48 bits per heavy atom. The number of methoxy groups -OCH3 is 1. The Morgan fingerprint density at radius 2 is 1.90 bits per heavy atom. The molecule has 0 fully saturated rings. The summed E-state index contributed by atoms with van der Waals surface area (Å²) in [5.74, 6) is 0.839. The maximum Gasteiger partial charge on any atom is 0.277 e. The minimum Gasteiger partial charge on any atom is -0.495 e. The molecule has 0 aliphatic rings. The zero-order chi connectivity index (χ0) is 21.0. The van der Waals surface area contributed by atoms with Crippen molar-refractivity contribution in [2.24, 2.45) is 0 Å². The zero-order valence-corrected chi connectivity index (χ0v) is 18.2. The average molecular weight is 432 g/mol. The van der Waals surface area contributed by atoms with Crippen LogP contribution in [0.1, 0.15) is 37.5 Å². The summed E-state index contributed by atoms with van der Waals surface area (Å²) in [7, 11) is 1.54. The number of hydrogen-bond acceptors (Lipinski definition) is 6. The molecule has 1 unspecified atom stereocenters. The van der Waals surface area contributed by atoms with Crippen LogP contribution in [-0.2, 0) is 10.2 Å². The maximum absolute atomic E-state index is 13.1. The first-order chi connectivity index (χ1) is 13.8. The molecule has 1 aromatic heterocycles. The number of nitrogens with zero attached hydrogens (tertiary/aromatic N) is 2. The molecule has 1 atom stereocenters. The van der Waals surface area contributed by atoms with Gasteiger partial charge in [0.2, 0.25) is 11.8 Å². The van der Waals surface area contributed by atoms with Gasteiger partial charge in [0.05, 0.1) is 12.1 Å². The second kappa shape index (κ2) is 8.88. The molecule has 0 aliphatic carbocycles. The highest BCUT2D eigenvalue weighted by Gasteiger charge is 2.27. The molecule has 0 bridgehead atoms. The Balaban J connectivity index is 1.85. The Bertz CT molecular complexity index is 986. The minimum atomic E-state index is -0.578. The van der Waals surface area contributed by atoms with E-state index in [2.05, 4.69) is 15.5 Å². The van der Waals surface area contributed by atoms with E-state index in [0.29, 0.717) is 27.6 Å². The van der Waals surface area contributed by atoms with Crippen LogP contribution in [0.15, 0.2) is 58.2 Å². The molecule has 2 aromatic carbocycles. The van der Waals surface area contributed by atoms with E-state index in [4.69, 9.17) is 20.8 Å². The monoisotopic (exact) mass is 431 g/mol. The van der Waals surface area contributed by atoms with Gasteiger partial charge in [0, 0.05) is 11.1 Å². The van der Waals surface area contributed by atoms with E-state index in [9.17, 15) is 4.79 Å². The van der Waals surface area contributed by atoms with Gasteiger partial charge in [0.1, 0.15) is 11.0 Å². The number of benzene rings is 2. The molecule has 0 saturated heterocycles. The predicted octanol–water partition coefficient (Wildman–Crippen LogP) is 5.50. The number of anilines is 1. The molecular formula is C21H22ClN3O3S. The Labute approximate surface area is 179 Å². The Morgan fingerprint density at radius 1 is 1.17 bits per heavy atom. The van der Waals surface area contributed by atoms with Crippen LogP contribution in [0.25, 0.3) is 0 Å². The summed E-state index contributed by atoms with van der Waals surface area (Å²) in [5, 5.41) is 11.3. The van der Waals surface area contributed by atoms with Gasteiger partial charge in [-0.05, 0) is 35.5 Å². The number of amides is 1. The minimum absolute atomic E-state index is 0.224. The third-order valence-corrected chi connectivity index (χ3v) is 5.41. The quantitative estimate of drug-likeness (QED) is 0.519. The van der Waals surface area contributed by atoms with Gasteiger partial charge in [-0.15, -0.1) is 10.2 Å². The summed E-state index contributed by atoms with van der Waals surface area (Å²) in [6, 6.07) is 14.5. The number of carbonyl (C=O) groups excluding carboxylic acids is 1. The van der Waals surface area contributed by atoms with Gasteiger partial charge in [-0.2, -0.15) is 0 Å². The van der Waals surface area contributed by atoms with Crippen molar-refractivity contribution in [1.29, 1.82) is 0 Å². The van der Waals surface area contributed by atoms with Crippen LogP contribution in [-0.4, -0.2) is 23.2 Å². The SMILES string of the molecule is COc1ccc(NC(=O)C(Sc2nnc(C(C)(C)C)o2)c2ccccc2)cc1Cl. The topological polar surface area (TPSA) is 77.2 Å². The van der Waals surface area contributed by atoms with Crippen LogP contribution in [0.2, 0.25) is 5.02 Å². The summed E-state index contributed by atoms with van der Waals surface area (Å²) in [4.78, 5) is 13.1. The third-order valence-electron chi connectivity index (χ3n) is 4.03. The van der Waals surface area contributed by atoms with E-state index in [1.165, 1.54) is 18.9 Å². The van der Waals surface area contributed by atoms with E-state index in [-0.39, 0.29) is 11.3 Å². The second-order valence-corrected chi connectivity index (χ2v) is 8.83. The van der Waals surface area contributed by atoms with Crippen molar-refractivity contribution in [3.63, 3.8) is 0 Å². The van der Waals surface area contributed by atoms with Gasteiger partial charge in [-0.25, -0.2) is 0 Å². The standard InChI is InChI=1S/C21H22ClN3O3S/c1-21(2,3)19-24-25-20(28-19)29-17(13-8-6-5-7-9-13)18(26)23-14-10-11-16(27-4)15(22)12-14/h5-12,17H,1-4H3,(H,23,26). The molecule has 0 aliphatic heterocycles. The maximum atomic E-state index is 13.1. The average Bonchev–Trinajstić information content (AvgIpc) is 3.16.